The summed E-state index contributed by atoms with van der Waals surface area (Å²) in [7, 11) is 0. The molecular formula is C16H27NO5. The van der Waals surface area contributed by atoms with Crippen LogP contribution in [0.5, 0.6) is 0 Å². The van der Waals surface area contributed by atoms with Gasteiger partial charge in [0.15, 0.2) is 0 Å². The third-order valence-corrected chi connectivity index (χ3v) is 3.17. The predicted octanol–water partition coefficient (Wildman–Crippen LogP) is 1.54. The van der Waals surface area contributed by atoms with Gasteiger partial charge in [-0.05, 0) is 39.7 Å². The molecule has 1 saturated heterocycles. The lowest BCUT2D eigenvalue weighted by molar-refractivity contribution is -0.142. The predicted molar refractivity (Wildman–Crippen MR) is 82.4 cm³/mol. The van der Waals surface area contributed by atoms with Crippen LogP contribution < -0.4 is 0 Å². The van der Waals surface area contributed by atoms with Gasteiger partial charge in [0, 0.05) is 25.2 Å². The van der Waals surface area contributed by atoms with Crippen molar-refractivity contribution in [3.8, 4) is 0 Å². The molecule has 1 aliphatic heterocycles. The molecule has 0 saturated carbocycles. The summed E-state index contributed by atoms with van der Waals surface area (Å²) < 4.78 is 15.2. The summed E-state index contributed by atoms with van der Waals surface area (Å²) >= 11 is 0. The van der Waals surface area contributed by atoms with Gasteiger partial charge >= 0.3 is 11.9 Å². The van der Waals surface area contributed by atoms with Gasteiger partial charge in [0.2, 0.25) is 0 Å². The van der Waals surface area contributed by atoms with Crippen molar-refractivity contribution in [3.05, 3.63) is 12.2 Å². The highest BCUT2D eigenvalue weighted by atomic mass is 16.5. The van der Waals surface area contributed by atoms with Gasteiger partial charge in [-0.25, -0.2) is 9.59 Å². The molecule has 22 heavy (non-hydrogen) atoms. The van der Waals surface area contributed by atoms with Crippen LogP contribution in [0.1, 0.15) is 33.1 Å². The van der Waals surface area contributed by atoms with Crippen LogP contribution in [0.2, 0.25) is 0 Å². The van der Waals surface area contributed by atoms with E-state index in [1.54, 1.807) is 13.8 Å². The third kappa shape index (κ3) is 9.52. The Balaban J connectivity index is 1.98. The number of rotatable bonds is 9. The van der Waals surface area contributed by atoms with E-state index in [1.165, 1.54) is 0 Å². The molecule has 0 N–H and O–H groups in total. The smallest absolute Gasteiger partial charge is 0.331 e. The molecule has 0 aromatic carbocycles. The van der Waals surface area contributed by atoms with Crippen LogP contribution in [0.4, 0.5) is 0 Å². The minimum absolute atomic E-state index is 0.195. The molecular weight excluding hydrogens is 286 g/mol. The molecule has 0 radical (unpaired) electrons. The summed E-state index contributed by atoms with van der Waals surface area (Å²) in [6.07, 6.45) is 4.96. The van der Waals surface area contributed by atoms with Gasteiger partial charge in [0.1, 0.15) is 0 Å². The first kappa shape index (κ1) is 18.6. The van der Waals surface area contributed by atoms with Crippen molar-refractivity contribution in [2.45, 2.75) is 39.2 Å². The molecule has 1 heterocycles. The Morgan fingerprint density at radius 1 is 1.09 bits per heavy atom. The standard InChI is InChI=1S/C16H27NO5/c1-14(2)22-16(19)7-6-15(18)21-11-5-3-4-8-17-9-12-20-13-10-17/h6-7,14H,3-5,8-13H2,1-2H3/b7-6+. The summed E-state index contributed by atoms with van der Waals surface area (Å²) in [4.78, 5) is 25.0. The van der Waals surface area contributed by atoms with E-state index < -0.39 is 11.9 Å². The molecule has 1 fully saturated rings. The summed E-state index contributed by atoms with van der Waals surface area (Å²) in [6.45, 7) is 8.61. The van der Waals surface area contributed by atoms with Crippen LogP contribution in [0, 0.1) is 0 Å². The summed E-state index contributed by atoms with van der Waals surface area (Å²) in [6, 6.07) is 0. The molecule has 0 amide bonds. The van der Waals surface area contributed by atoms with Crippen LogP contribution in [0.15, 0.2) is 12.2 Å². The number of unbranched alkanes of at least 4 members (excludes halogenated alkanes) is 2. The second-order valence-electron chi connectivity index (χ2n) is 5.50. The van der Waals surface area contributed by atoms with Crippen LogP contribution in [-0.2, 0) is 23.8 Å². The number of carbonyl (C=O) groups excluding carboxylic acids is 2. The first-order valence-electron chi connectivity index (χ1n) is 7.93. The first-order valence-corrected chi connectivity index (χ1v) is 7.93. The summed E-state index contributed by atoms with van der Waals surface area (Å²) in [5, 5.41) is 0. The van der Waals surface area contributed by atoms with E-state index in [2.05, 4.69) is 4.90 Å². The van der Waals surface area contributed by atoms with E-state index in [4.69, 9.17) is 14.2 Å². The molecule has 0 atom stereocenters. The number of carbonyl (C=O) groups is 2. The lowest BCUT2D eigenvalue weighted by Crippen LogP contribution is -2.36. The zero-order valence-electron chi connectivity index (χ0n) is 13.6. The van der Waals surface area contributed by atoms with Crippen LogP contribution in [0.25, 0.3) is 0 Å². The SMILES string of the molecule is CC(C)OC(=O)/C=C/C(=O)OCCCCCN1CCOCC1. The van der Waals surface area contributed by atoms with Crippen molar-refractivity contribution >= 4 is 11.9 Å². The zero-order chi connectivity index (χ0) is 16.2. The third-order valence-electron chi connectivity index (χ3n) is 3.17. The molecule has 0 aromatic heterocycles. The molecule has 1 aliphatic rings. The maximum Gasteiger partial charge on any atom is 0.331 e. The van der Waals surface area contributed by atoms with Crippen molar-refractivity contribution in [1.29, 1.82) is 0 Å². The lowest BCUT2D eigenvalue weighted by Gasteiger charge is -2.26. The molecule has 6 nitrogen and oxygen atoms in total. The second-order valence-corrected chi connectivity index (χ2v) is 5.50. The van der Waals surface area contributed by atoms with Crippen LogP contribution >= 0.6 is 0 Å². The fourth-order valence-corrected chi connectivity index (χ4v) is 2.07. The molecule has 126 valence electrons. The Bertz CT molecular complexity index is 362. The molecule has 1 rings (SSSR count). The highest BCUT2D eigenvalue weighted by Crippen LogP contribution is 2.02. The summed E-state index contributed by atoms with van der Waals surface area (Å²) in [5.74, 6) is -1.04. The van der Waals surface area contributed by atoms with Crippen molar-refractivity contribution in [1.82, 2.24) is 4.90 Å². The van der Waals surface area contributed by atoms with E-state index in [0.29, 0.717) is 6.61 Å². The van der Waals surface area contributed by atoms with Crippen molar-refractivity contribution in [2.75, 3.05) is 39.5 Å². The molecule has 0 aromatic rings. The Hall–Kier alpha value is -1.40. The monoisotopic (exact) mass is 313 g/mol. The number of nitrogens with zero attached hydrogens (tertiary/aromatic N) is 1. The topological polar surface area (TPSA) is 65.1 Å². The zero-order valence-corrected chi connectivity index (χ0v) is 13.6. The first-order chi connectivity index (χ1) is 10.6. The fraction of sp³-hybridized carbons (Fsp3) is 0.750. The Morgan fingerprint density at radius 2 is 1.77 bits per heavy atom. The maximum atomic E-state index is 11.4. The van der Waals surface area contributed by atoms with E-state index >= 15 is 0 Å². The molecule has 0 spiro atoms. The highest BCUT2D eigenvalue weighted by Gasteiger charge is 2.09. The second kappa shape index (κ2) is 11.2. The Morgan fingerprint density at radius 3 is 2.45 bits per heavy atom. The fourth-order valence-electron chi connectivity index (χ4n) is 2.07. The Kier molecular flexibility index (Phi) is 9.50. The van der Waals surface area contributed by atoms with Gasteiger partial charge in [-0.15, -0.1) is 0 Å². The van der Waals surface area contributed by atoms with Gasteiger partial charge in [-0.2, -0.15) is 0 Å². The molecule has 0 unspecified atom stereocenters. The van der Waals surface area contributed by atoms with E-state index in [-0.39, 0.29) is 6.10 Å². The maximum absolute atomic E-state index is 11.4. The minimum Gasteiger partial charge on any atom is -0.463 e. The Labute approximate surface area is 132 Å². The quantitative estimate of drug-likeness (QED) is 0.365. The van der Waals surface area contributed by atoms with Gasteiger partial charge in [-0.3, -0.25) is 4.90 Å². The molecule has 0 bridgehead atoms. The number of hydrogen-bond donors (Lipinski definition) is 0. The molecule has 6 heteroatoms. The van der Waals surface area contributed by atoms with E-state index in [1.807, 2.05) is 0 Å². The van der Waals surface area contributed by atoms with Gasteiger partial charge in [0.25, 0.3) is 0 Å². The number of ether oxygens (including phenoxy) is 3. The minimum atomic E-state index is -0.530. The van der Waals surface area contributed by atoms with Crippen molar-refractivity contribution < 1.29 is 23.8 Å². The summed E-state index contributed by atoms with van der Waals surface area (Å²) in [5.41, 5.74) is 0. The van der Waals surface area contributed by atoms with E-state index in [0.717, 1.165) is 64.3 Å². The normalized spacial score (nSPS) is 16.1. The number of esters is 2. The van der Waals surface area contributed by atoms with Gasteiger partial charge in [0.05, 0.1) is 25.9 Å². The van der Waals surface area contributed by atoms with Crippen LogP contribution in [0.3, 0.4) is 0 Å². The van der Waals surface area contributed by atoms with E-state index in [9.17, 15) is 9.59 Å². The highest BCUT2D eigenvalue weighted by molar-refractivity contribution is 5.91. The van der Waals surface area contributed by atoms with Gasteiger partial charge < -0.3 is 14.2 Å². The number of morpholine rings is 1. The van der Waals surface area contributed by atoms with Crippen molar-refractivity contribution in [2.24, 2.45) is 0 Å². The molecule has 0 aliphatic carbocycles. The average molecular weight is 313 g/mol. The van der Waals surface area contributed by atoms with Crippen LogP contribution in [-0.4, -0.2) is 62.4 Å². The number of hydrogen-bond acceptors (Lipinski definition) is 6. The average Bonchev–Trinajstić information content (AvgIpc) is 2.49. The largest absolute Gasteiger partial charge is 0.463 e. The van der Waals surface area contributed by atoms with Gasteiger partial charge in [-0.1, -0.05) is 0 Å². The van der Waals surface area contributed by atoms with Crippen molar-refractivity contribution in [3.63, 3.8) is 0 Å². The lowest BCUT2D eigenvalue weighted by atomic mass is 10.2.